The SMILES string of the molecule is O=C(O)C1CCC2CCCCC2N1CC1CCC1. The Morgan fingerprint density at radius 1 is 1.00 bits per heavy atom. The number of rotatable bonds is 3. The van der Waals surface area contributed by atoms with E-state index in [0.29, 0.717) is 6.04 Å². The number of likely N-dealkylation sites (tertiary alicyclic amines) is 1. The molecule has 0 aromatic heterocycles. The molecule has 0 aromatic carbocycles. The quantitative estimate of drug-likeness (QED) is 0.838. The van der Waals surface area contributed by atoms with E-state index in [1.807, 2.05) is 0 Å². The first kappa shape index (κ1) is 12.5. The summed E-state index contributed by atoms with van der Waals surface area (Å²) in [6.45, 7) is 1.05. The highest BCUT2D eigenvalue weighted by molar-refractivity contribution is 5.73. The van der Waals surface area contributed by atoms with E-state index in [1.165, 1.54) is 44.9 Å². The molecule has 2 aliphatic carbocycles. The van der Waals surface area contributed by atoms with Gasteiger partial charge in [-0.2, -0.15) is 0 Å². The van der Waals surface area contributed by atoms with E-state index in [9.17, 15) is 9.90 Å². The zero-order valence-corrected chi connectivity index (χ0v) is 11.2. The molecule has 3 aliphatic rings. The summed E-state index contributed by atoms with van der Waals surface area (Å²) in [6.07, 6.45) is 11.2. The molecule has 3 fully saturated rings. The van der Waals surface area contributed by atoms with Crippen LogP contribution in [0.1, 0.15) is 57.8 Å². The number of fused-ring (bicyclic) bond motifs is 1. The van der Waals surface area contributed by atoms with Gasteiger partial charge in [-0.25, -0.2) is 0 Å². The third-order valence-electron chi connectivity index (χ3n) is 5.48. The van der Waals surface area contributed by atoms with Crippen LogP contribution < -0.4 is 0 Å². The lowest BCUT2D eigenvalue weighted by Crippen LogP contribution is -2.56. The number of carbonyl (C=O) groups is 1. The Hall–Kier alpha value is -0.570. The third kappa shape index (κ3) is 2.29. The summed E-state index contributed by atoms with van der Waals surface area (Å²) < 4.78 is 0. The van der Waals surface area contributed by atoms with Crippen molar-refractivity contribution < 1.29 is 9.90 Å². The highest BCUT2D eigenvalue weighted by Crippen LogP contribution is 2.40. The van der Waals surface area contributed by atoms with Gasteiger partial charge in [0.1, 0.15) is 6.04 Å². The molecule has 1 N–H and O–H groups in total. The van der Waals surface area contributed by atoms with Crippen LogP contribution in [-0.4, -0.2) is 34.6 Å². The molecule has 3 atom stereocenters. The van der Waals surface area contributed by atoms with E-state index in [4.69, 9.17) is 0 Å². The largest absolute Gasteiger partial charge is 0.480 e. The van der Waals surface area contributed by atoms with Crippen LogP contribution in [0.15, 0.2) is 0 Å². The van der Waals surface area contributed by atoms with E-state index in [1.54, 1.807) is 0 Å². The lowest BCUT2D eigenvalue weighted by Gasteiger charge is -2.49. The van der Waals surface area contributed by atoms with Crippen LogP contribution in [-0.2, 0) is 4.79 Å². The highest BCUT2D eigenvalue weighted by atomic mass is 16.4. The molecule has 18 heavy (non-hydrogen) atoms. The first-order valence-corrected chi connectivity index (χ1v) is 7.74. The van der Waals surface area contributed by atoms with E-state index in [2.05, 4.69) is 4.90 Å². The minimum Gasteiger partial charge on any atom is -0.480 e. The van der Waals surface area contributed by atoms with Gasteiger partial charge in [0, 0.05) is 12.6 Å². The van der Waals surface area contributed by atoms with E-state index in [-0.39, 0.29) is 6.04 Å². The fourth-order valence-corrected chi connectivity index (χ4v) is 4.23. The number of nitrogens with zero attached hydrogens (tertiary/aromatic N) is 1. The van der Waals surface area contributed by atoms with Crippen LogP contribution in [0.4, 0.5) is 0 Å². The van der Waals surface area contributed by atoms with Gasteiger partial charge >= 0.3 is 5.97 Å². The minimum absolute atomic E-state index is 0.190. The first-order chi connectivity index (χ1) is 8.75. The number of carboxylic acid groups (broad SMARTS) is 1. The van der Waals surface area contributed by atoms with Gasteiger partial charge in [-0.3, -0.25) is 9.69 Å². The zero-order valence-electron chi connectivity index (χ0n) is 11.2. The zero-order chi connectivity index (χ0) is 12.5. The van der Waals surface area contributed by atoms with Crippen molar-refractivity contribution in [3.8, 4) is 0 Å². The summed E-state index contributed by atoms with van der Waals surface area (Å²) in [5.74, 6) is 0.986. The summed E-state index contributed by atoms with van der Waals surface area (Å²) in [6, 6.07) is 0.388. The molecule has 2 saturated carbocycles. The molecular formula is C15H25NO2. The highest BCUT2D eigenvalue weighted by Gasteiger charge is 2.42. The number of piperidine rings is 1. The fraction of sp³-hybridized carbons (Fsp3) is 0.933. The Balaban J connectivity index is 1.73. The summed E-state index contributed by atoms with van der Waals surface area (Å²) >= 11 is 0. The first-order valence-electron chi connectivity index (χ1n) is 7.74. The van der Waals surface area contributed by atoms with Gasteiger partial charge in [-0.15, -0.1) is 0 Å². The second-order valence-corrected chi connectivity index (χ2v) is 6.54. The van der Waals surface area contributed by atoms with Gasteiger partial charge in [-0.1, -0.05) is 19.3 Å². The average molecular weight is 251 g/mol. The smallest absolute Gasteiger partial charge is 0.320 e. The molecule has 0 spiro atoms. The van der Waals surface area contributed by atoms with Crippen molar-refractivity contribution in [1.82, 2.24) is 4.90 Å². The van der Waals surface area contributed by atoms with Crippen LogP contribution in [0.5, 0.6) is 0 Å². The van der Waals surface area contributed by atoms with Crippen molar-refractivity contribution in [2.24, 2.45) is 11.8 Å². The van der Waals surface area contributed by atoms with Crippen LogP contribution in [0.3, 0.4) is 0 Å². The van der Waals surface area contributed by atoms with Gasteiger partial charge < -0.3 is 5.11 Å². The molecular weight excluding hydrogens is 226 g/mol. The second-order valence-electron chi connectivity index (χ2n) is 6.54. The molecule has 3 heteroatoms. The van der Waals surface area contributed by atoms with Crippen LogP contribution in [0, 0.1) is 11.8 Å². The van der Waals surface area contributed by atoms with Crippen molar-refractivity contribution in [2.75, 3.05) is 6.54 Å². The van der Waals surface area contributed by atoms with Gasteiger partial charge in [-0.05, 0) is 50.4 Å². The molecule has 3 unspecified atom stereocenters. The molecule has 0 bridgehead atoms. The fourth-order valence-electron chi connectivity index (χ4n) is 4.23. The monoisotopic (exact) mass is 251 g/mol. The lowest BCUT2D eigenvalue weighted by molar-refractivity contribution is -0.149. The van der Waals surface area contributed by atoms with Crippen molar-refractivity contribution in [3.05, 3.63) is 0 Å². The summed E-state index contributed by atoms with van der Waals surface area (Å²) in [4.78, 5) is 13.9. The van der Waals surface area contributed by atoms with E-state index >= 15 is 0 Å². The maximum absolute atomic E-state index is 11.5. The molecule has 0 radical (unpaired) electrons. The number of hydrogen-bond donors (Lipinski definition) is 1. The molecule has 102 valence electrons. The Bertz CT molecular complexity index is 314. The van der Waals surface area contributed by atoms with Gasteiger partial charge in [0.2, 0.25) is 0 Å². The van der Waals surface area contributed by atoms with Crippen LogP contribution in [0.2, 0.25) is 0 Å². The van der Waals surface area contributed by atoms with Crippen molar-refractivity contribution in [3.63, 3.8) is 0 Å². The maximum atomic E-state index is 11.5. The minimum atomic E-state index is -0.585. The topological polar surface area (TPSA) is 40.5 Å². The van der Waals surface area contributed by atoms with E-state index < -0.39 is 5.97 Å². The van der Waals surface area contributed by atoms with Gasteiger partial charge in [0.05, 0.1) is 0 Å². The summed E-state index contributed by atoms with van der Waals surface area (Å²) in [7, 11) is 0. The van der Waals surface area contributed by atoms with Gasteiger partial charge in [0.15, 0.2) is 0 Å². The average Bonchev–Trinajstić information content (AvgIpc) is 2.33. The van der Waals surface area contributed by atoms with Crippen molar-refractivity contribution >= 4 is 5.97 Å². The Labute approximate surface area is 110 Å². The normalized spacial score (nSPS) is 37.9. The van der Waals surface area contributed by atoms with Crippen LogP contribution in [0.25, 0.3) is 0 Å². The number of aliphatic carboxylic acids is 1. The van der Waals surface area contributed by atoms with Gasteiger partial charge in [0.25, 0.3) is 0 Å². The third-order valence-corrected chi connectivity index (χ3v) is 5.48. The number of carboxylic acids is 1. The van der Waals surface area contributed by atoms with Crippen molar-refractivity contribution in [1.29, 1.82) is 0 Å². The molecule has 1 heterocycles. The molecule has 3 rings (SSSR count). The lowest BCUT2D eigenvalue weighted by atomic mass is 9.75. The molecule has 1 aliphatic heterocycles. The summed E-state index contributed by atoms with van der Waals surface area (Å²) in [5.41, 5.74) is 0. The van der Waals surface area contributed by atoms with E-state index in [0.717, 1.165) is 31.2 Å². The maximum Gasteiger partial charge on any atom is 0.320 e. The standard InChI is InChI=1S/C15H25NO2/c17-15(18)14-9-8-12-6-1-2-7-13(12)16(14)10-11-4-3-5-11/h11-14H,1-10H2,(H,17,18). The number of hydrogen-bond acceptors (Lipinski definition) is 2. The Morgan fingerprint density at radius 2 is 1.78 bits per heavy atom. The Kier molecular flexibility index (Phi) is 3.60. The molecule has 0 aromatic rings. The molecule has 1 saturated heterocycles. The molecule has 3 nitrogen and oxygen atoms in total. The predicted octanol–water partition coefficient (Wildman–Crippen LogP) is 2.89. The predicted molar refractivity (Wildman–Crippen MR) is 70.5 cm³/mol. The summed E-state index contributed by atoms with van der Waals surface area (Å²) in [5, 5.41) is 9.46. The van der Waals surface area contributed by atoms with Crippen LogP contribution >= 0.6 is 0 Å². The Morgan fingerprint density at radius 3 is 2.44 bits per heavy atom. The molecule has 0 amide bonds. The van der Waals surface area contributed by atoms with Crippen molar-refractivity contribution in [2.45, 2.75) is 69.9 Å². The second kappa shape index (κ2) is 5.20.